The van der Waals surface area contributed by atoms with Crippen LogP contribution in [-0.2, 0) is 6.42 Å². The van der Waals surface area contributed by atoms with E-state index in [2.05, 4.69) is 30.7 Å². The highest BCUT2D eigenvalue weighted by Crippen LogP contribution is 2.23. The van der Waals surface area contributed by atoms with Crippen LogP contribution in [0.25, 0.3) is 5.78 Å². The second-order valence-corrected chi connectivity index (χ2v) is 6.95. The standard InChI is InChI=1S/C20H20ClN7/c1-13-6-7-15(21)12-17(13)25-19-26-20-24-14(2)11-18(28(20)27-19)23-10-8-16-5-3-4-9-22-16/h3-7,9,11-12,23H,8,10H2,1-2H3,(H,25,27). The molecule has 0 aliphatic heterocycles. The normalized spacial score (nSPS) is 11.0. The lowest BCUT2D eigenvalue weighted by Gasteiger charge is -2.08. The predicted octanol–water partition coefficient (Wildman–Crippen LogP) is 4.19. The molecule has 7 nitrogen and oxygen atoms in total. The Hall–Kier alpha value is -3.19. The smallest absolute Gasteiger partial charge is 0.256 e. The van der Waals surface area contributed by atoms with Crippen LogP contribution in [0.4, 0.5) is 17.5 Å². The van der Waals surface area contributed by atoms with E-state index in [0.717, 1.165) is 41.4 Å². The van der Waals surface area contributed by atoms with E-state index in [1.165, 1.54) is 0 Å². The summed E-state index contributed by atoms with van der Waals surface area (Å²) in [4.78, 5) is 13.3. The highest BCUT2D eigenvalue weighted by molar-refractivity contribution is 6.30. The van der Waals surface area contributed by atoms with Gasteiger partial charge in [-0.15, -0.1) is 5.10 Å². The van der Waals surface area contributed by atoms with E-state index < -0.39 is 0 Å². The average molecular weight is 394 g/mol. The van der Waals surface area contributed by atoms with Gasteiger partial charge in [-0.2, -0.15) is 9.50 Å². The van der Waals surface area contributed by atoms with Gasteiger partial charge in [0.15, 0.2) is 0 Å². The van der Waals surface area contributed by atoms with E-state index in [4.69, 9.17) is 11.6 Å². The third-order valence-electron chi connectivity index (χ3n) is 4.30. The van der Waals surface area contributed by atoms with Gasteiger partial charge in [-0.3, -0.25) is 4.98 Å². The summed E-state index contributed by atoms with van der Waals surface area (Å²) >= 11 is 6.10. The number of nitrogens with zero attached hydrogens (tertiary/aromatic N) is 5. The number of aryl methyl sites for hydroxylation is 2. The molecule has 0 fully saturated rings. The molecule has 4 aromatic rings. The zero-order chi connectivity index (χ0) is 19.5. The first-order valence-electron chi connectivity index (χ1n) is 9.00. The van der Waals surface area contributed by atoms with Gasteiger partial charge in [0.2, 0.25) is 5.95 Å². The molecule has 0 bridgehead atoms. The summed E-state index contributed by atoms with van der Waals surface area (Å²) in [6.45, 7) is 4.67. The molecule has 0 spiro atoms. The quantitative estimate of drug-likeness (QED) is 0.511. The minimum absolute atomic E-state index is 0.469. The lowest BCUT2D eigenvalue weighted by atomic mass is 10.2. The summed E-state index contributed by atoms with van der Waals surface area (Å²) in [7, 11) is 0. The Morgan fingerprint density at radius 3 is 2.79 bits per heavy atom. The first kappa shape index (κ1) is 18.2. The van der Waals surface area contributed by atoms with Crippen molar-refractivity contribution in [3.05, 3.63) is 70.6 Å². The summed E-state index contributed by atoms with van der Waals surface area (Å²) < 4.78 is 1.70. The summed E-state index contributed by atoms with van der Waals surface area (Å²) in [5.74, 6) is 1.83. The molecule has 0 aliphatic carbocycles. The van der Waals surface area contributed by atoms with Crippen molar-refractivity contribution in [2.24, 2.45) is 0 Å². The summed E-state index contributed by atoms with van der Waals surface area (Å²) in [6.07, 6.45) is 2.61. The third-order valence-corrected chi connectivity index (χ3v) is 4.53. The predicted molar refractivity (Wildman–Crippen MR) is 111 cm³/mol. The molecular formula is C20H20ClN7. The van der Waals surface area contributed by atoms with Crippen LogP contribution in [-0.4, -0.2) is 31.1 Å². The molecule has 0 amide bonds. The lowest BCUT2D eigenvalue weighted by Crippen LogP contribution is -2.10. The van der Waals surface area contributed by atoms with Crippen LogP contribution < -0.4 is 10.6 Å². The van der Waals surface area contributed by atoms with E-state index >= 15 is 0 Å². The molecule has 0 saturated heterocycles. The van der Waals surface area contributed by atoms with Crippen LogP contribution in [0.2, 0.25) is 5.02 Å². The number of benzene rings is 1. The molecular weight excluding hydrogens is 374 g/mol. The van der Waals surface area contributed by atoms with Crippen LogP contribution in [0.3, 0.4) is 0 Å². The summed E-state index contributed by atoms with van der Waals surface area (Å²) in [6, 6.07) is 13.5. The molecule has 8 heteroatoms. The molecule has 1 aromatic carbocycles. The van der Waals surface area contributed by atoms with Gasteiger partial charge in [-0.05, 0) is 43.7 Å². The maximum absolute atomic E-state index is 6.10. The minimum atomic E-state index is 0.469. The fourth-order valence-corrected chi connectivity index (χ4v) is 3.05. The van der Waals surface area contributed by atoms with Gasteiger partial charge in [0.25, 0.3) is 5.78 Å². The molecule has 0 atom stereocenters. The molecule has 0 unspecified atom stereocenters. The van der Waals surface area contributed by atoms with Crippen molar-refractivity contribution in [3.63, 3.8) is 0 Å². The van der Waals surface area contributed by atoms with E-state index in [9.17, 15) is 0 Å². The number of aromatic nitrogens is 5. The molecule has 0 saturated carbocycles. The maximum atomic E-state index is 6.10. The Bertz CT molecular complexity index is 1110. The van der Waals surface area contributed by atoms with Crippen LogP contribution >= 0.6 is 11.6 Å². The largest absolute Gasteiger partial charge is 0.369 e. The molecule has 3 heterocycles. The van der Waals surface area contributed by atoms with Crippen LogP contribution in [0.1, 0.15) is 17.0 Å². The lowest BCUT2D eigenvalue weighted by molar-refractivity contribution is 0.896. The number of fused-ring (bicyclic) bond motifs is 1. The maximum Gasteiger partial charge on any atom is 0.256 e. The summed E-state index contributed by atoms with van der Waals surface area (Å²) in [5, 5.41) is 11.8. The van der Waals surface area contributed by atoms with E-state index in [0.29, 0.717) is 16.7 Å². The second-order valence-electron chi connectivity index (χ2n) is 6.51. The molecule has 0 aliphatic rings. The van der Waals surface area contributed by atoms with Gasteiger partial charge in [0.05, 0.1) is 0 Å². The number of pyridine rings is 1. The number of rotatable bonds is 6. The first-order valence-corrected chi connectivity index (χ1v) is 9.38. The van der Waals surface area contributed by atoms with Gasteiger partial charge < -0.3 is 10.6 Å². The van der Waals surface area contributed by atoms with Crippen molar-refractivity contribution in [1.29, 1.82) is 0 Å². The number of anilines is 3. The molecule has 3 aromatic heterocycles. The van der Waals surface area contributed by atoms with Crippen molar-refractivity contribution in [2.75, 3.05) is 17.2 Å². The van der Waals surface area contributed by atoms with Gasteiger partial charge in [-0.25, -0.2) is 4.98 Å². The summed E-state index contributed by atoms with van der Waals surface area (Å²) in [5.41, 5.74) is 3.83. The van der Waals surface area contributed by atoms with E-state index in [1.807, 2.05) is 56.3 Å². The zero-order valence-electron chi connectivity index (χ0n) is 15.6. The SMILES string of the molecule is Cc1cc(NCCc2ccccn2)n2nc(Nc3cc(Cl)ccc3C)nc2n1. The highest BCUT2D eigenvalue weighted by Gasteiger charge is 2.11. The monoisotopic (exact) mass is 393 g/mol. The van der Waals surface area contributed by atoms with Gasteiger partial charge in [0.1, 0.15) is 5.82 Å². The average Bonchev–Trinajstić information content (AvgIpc) is 3.08. The first-order chi connectivity index (χ1) is 13.6. The number of hydrogen-bond acceptors (Lipinski definition) is 6. The number of halogens is 1. The van der Waals surface area contributed by atoms with Crippen LogP contribution in [0.15, 0.2) is 48.7 Å². The Morgan fingerprint density at radius 2 is 1.96 bits per heavy atom. The Balaban J connectivity index is 1.56. The Labute approximate surface area is 167 Å². The Kier molecular flexibility index (Phi) is 5.08. The number of hydrogen-bond donors (Lipinski definition) is 2. The Morgan fingerprint density at radius 1 is 1.07 bits per heavy atom. The highest BCUT2D eigenvalue weighted by atomic mass is 35.5. The fraction of sp³-hybridized carbons (Fsp3) is 0.200. The molecule has 2 N–H and O–H groups in total. The van der Waals surface area contributed by atoms with Crippen molar-refractivity contribution < 1.29 is 0 Å². The van der Waals surface area contributed by atoms with Gasteiger partial charge >= 0.3 is 0 Å². The van der Waals surface area contributed by atoms with Crippen LogP contribution in [0.5, 0.6) is 0 Å². The zero-order valence-corrected chi connectivity index (χ0v) is 16.4. The van der Waals surface area contributed by atoms with Gasteiger partial charge in [-0.1, -0.05) is 23.7 Å². The molecule has 4 rings (SSSR count). The van der Waals surface area contributed by atoms with Crippen molar-refractivity contribution in [3.8, 4) is 0 Å². The molecule has 0 radical (unpaired) electrons. The van der Waals surface area contributed by atoms with Crippen LogP contribution in [0, 0.1) is 13.8 Å². The minimum Gasteiger partial charge on any atom is -0.369 e. The third kappa shape index (κ3) is 4.04. The molecule has 142 valence electrons. The fourth-order valence-electron chi connectivity index (χ4n) is 2.88. The number of nitrogens with one attached hydrogen (secondary N) is 2. The van der Waals surface area contributed by atoms with Crippen molar-refractivity contribution >= 4 is 34.8 Å². The topological polar surface area (TPSA) is 80.0 Å². The molecule has 28 heavy (non-hydrogen) atoms. The van der Waals surface area contributed by atoms with E-state index in [1.54, 1.807) is 10.7 Å². The van der Waals surface area contributed by atoms with E-state index in [-0.39, 0.29) is 0 Å². The van der Waals surface area contributed by atoms with Crippen molar-refractivity contribution in [2.45, 2.75) is 20.3 Å². The van der Waals surface area contributed by atoms with Gasteiger partial charge in [0, 0.05) is 47.3 Å². The van der Waals surface area contributed by atoms with Crippen molar-refractivity contribution in [1.82, 2.24) is 24.6 Å². The second kappa shape index (κ2) is 7.82.